The number of unbranched alkanes of at least 4 members (excludes halogenated alkanes) is 14. The van der Waals surface area contributed by atoms with E-state index in [4.69, 9.17) is 14.2 Å². The molecule has 0 radical (unpaired) electrons. The van der Waals surface area contributed by atoms with Gasteiger partial charge in [0.2, 0.25) is 0 Å². The minimum atomic E-state index is -0.598. The van der Waals surface area contributed by atoms with E-state index < -0.39 is 6.10 Å². The smallest absolute Gasteiger partial charge is 0.306 e. The Morgan fingerprint density at radius 2 is 1.24 bits per heavy atom. The van der Waals surface area contributed by atoms with Gasteiger partial charge in [0.1, 0.15) is 18.3 Å². The van der Waals surface area contributed by atoms with E-state index >= 15 is 0 Å². The molecule has 2 rings (SSSR count). The molecule has 2 saturated heterocycles. The van der Waals surface area contributed by atoms with E-state index in [2.05, 4.69) is 6.92 Å². The molecule has 5 nitrogen and oxygen atoms in total. The largest absolute Gasteiger partial charge is 0.457 e. The van der Waals surface area contributed by atoms with Crippen LogP contribution in [0.4, 0.5) is 0 Å². The van der Waals surface area contributed by atoms with Crippen LogP contribution < -0.4 is 0 Å². The molecular weight excluding hydrogens is 368 g/mol. The molecule has 0 amide bonds. The van der Waals surface area contributed by atoms with Gasteiger partial charge in [-0.15, -0.1) is 0 Å². The van der Waals surface area contributed by atoms with Crippen LogP contribution in [0, 0.1) is 0 Å². The maximum Gasteiger partial charge on any atom is 0.306 e. The molecule has 29 heavy (non-hydrogen) atoms. The fourth-order valence-corrected chi connectivity index (χ4v) is 4.41. The number of fused-ring (bicyclic) bond motifs is 1. The summed E-state index contributed by atoms with van der Waals surface area (Å²) in [6, 6.07) is 0. The minimum absolute atomic E-state index is 0.168. The minimum Gasteiger partial charge on any atom is -0.457 e. The van der Waals surface area contributed by atoms with Crippen LogP contribution in [-0.4, -0.2) is 48.7 Å². The molecular formula is C24H44O5. The Morgan fingerprint density at radius 1 is 0.759 bits per heavy atom. The molecule has 2 aliphatic heterocycles. The Kier molecular flexibility index (Phi) is 12.9. The molecule has 2 heterocycles. The summed E-state index contributed by atoms with van der Waals surface area (Å²) in [4.78, 5) is 12.0. The van der Waals surface area contributed by atoms with E-state index in [1.165, 1.54) is 83.5 Å². The van der Waals surface area contributed by atoms with Crippen molar-refractivity contribution in [1.29, 1.82) is 0 Å². The van der Waals surface area contributed by atoms with E-state index in [0.29, 0.717) is 13.0 Å². The van der Waals surface area contributed by atoms with E-state index in [0.717, 1.165) is 12.8 Å². The molecule has 0 bridgehead atoms. The van der Waals surface area contributed by atoms with Crippen molar-refractivity contribution in [2.45, 2.75) is 134 Å². The maximum absolute atomic E-state index is 12.0. The van der Waals surface area contributed by atoms with Gasteiger partial charge >= 0.3 is 5.97 Å². The van der Waals surface area contributed by atoms with E-state index in [1.54, 1.807) is 0 Å². The van der Waals surface area contributed by atoms with Crippen molar-refractivity contribution >= 4 is 5.97 Å². The van der Waals surface area contributed by atoms with Crippen molar-refractivity contribution < 1.29 is 24.1 Å². The van der Waals surface area contributed by atoms with Crippen LogP contribution in [0.15, 0.2) is 0 Å². The second-order valence-electron chi connectivity index (χ2n) is 8.89. The van der Waals surface area contributed by atoms with Crippen molar-refractivity contribution in [3.05, 3.63) is 0 Å². The molecule has 4 atom stereocenters. The number of carbonyl (C=O) groups excluding carboxylic acids is 1. The predicted octanol–water partition coefficient (Wildman–Crippen LogP) is 5.32. The molecule has 5 heteroatoms. The molecule has 0 saturated carbocycles. The molecule has 0 aromatic rings. The van der Waals surface area contributed by atoms with Crippen LogP contribution in [0.5, 0.6) is 0 Å². The van der Waals surface area contributed by atoms with Crippen LogP contribution in [0.3, 0.4) is 0 Å². The Balaban J connectivity index is 1.32. The zero-order chi connectivity index (χ0) is 20.7. The van der Waals surface area contributed by atoms with Gasteiger partial charge in [-0.2, -0.15) is 0 Å². The van der Waals surface area contributed by atoms with Crippen molar-refractivity contribution in [2.75, 3.05) is 13.2 Å². The summed E-state index contributed by atoms with van der Waals surface area (Å²) in [5.74, 6) is -0.168. The zero-order valence-corrected chi connectivity index (χ0v) is 18.6. The second kappa shape index (κ2) is 15.2. The summed E-state index contributed by atoms with van der Waals surface area (Å²) >= 11 is 0. The molecule has 1 N–H and O–H groups in total. The van der Waals surface area contributed by atoms with Crippen LogP contribution in [0.1, 0.15) is 110 Å². The van der Waals surface area contributed by atoms with Crippen LogP contribution >= 0.6 is 0 Å². The number of aliphatic hydroxyl groups excluding tert-OH is 1. The van der Waals surface area contributed by atoms with Crippen LogP contribution in [0.2, 0.25) is 0 Å². The van der Waals surface area contributed by atoms with Crippen molar-refractivity contribution in [3.63, 3.8) is 0 Å². The van der Waals surface area contributed by atoms with Crippen LogP contribution in [0.25, 0.3) is 0 Å². The lowest BCUT2D eigenvalue weighted by Gasteiger charge is -2.16. The summed E-state index contributed by atoms with van der Waals surface area (Å²) in [5, 5.41) is 9.71. The maximum atomic E-state index is 12.0. The van der Waals surface area contributed by atoms with Gasteiger partial charge in [0.15, 0.2) is 6.10 Å². The third-order valence-electron chi connectivity index (χ3n) is 6.25. The quantitative estimate of drug-likeness (QED) is 0.259. The summed E-state index contributed by atoms with van der Waals surface area (Å²) in [7, 11) is 0. The normalized spacial score (nSPS) is 26.0. The average molecular weight is 413 g/mol. The van der Waals surface area contributed by atoms with E-state index in [1.807, 2.05) is 0 Å². The lowest BCUT2D eigenvalue weighted by atomic mass is 10.0. The van der Waals surface area contributed by atoms with Gasteiger partial charge in [0, 0.05) is 6.42 Å². The highest BCUT2D eigenvalue weighted by Gasteiger charge is 2.48. The molecule has 0 aromatic carbocycles. The number of rotatable bonds is 17. The second-order valence-corrected chi connectivity index (χ2v) is 8.89. The van der Waals surface area contributed by atoms with Crippen molar-refractivity contribution in [2.24, 2.45) is 0 Å². The van der Waals surface area contributed by atoms with Gasteiger partial charge in [0.25, 0.3) is 0 Å². The molecule has 2 fully saturated rings. The summed E-state index contributed by atoms with van der Waals surface area (Å²) in [5.41, 5.74) is 0. The standard InChI is InChI=1S/C24H44O5/c1-2-3-4-5-6-7-8-9-10-11-12-13-14-15-16-17-22(26)29-21-19-28-23-20(25)18-27-24(21)23/h20-21,23-25H,2-19H2,1H3. The predicted molar refractivity (Wildman–Crippen MR) is 115 cm³/mol. The fourth-order valence-electron chi connectivity index (χ4n) is 4.41. The number of aliphatic hydroxyl groups is 1. The van der Waals surface area contributed by atoms with Gasteiger partial charge < -0.3 is 19.3 Å². The first-order chi connectivity index (χ1) is 14.2. The highest BCUT2D eigenvalue weighted by Crippen LogP contribution is 2.29. The van der Waals surface area contributed by atoms with Gasteiger partial charge in [-0.1, -0.05) is 96.8 Å². The van der Waals surface area contributed by atoms with Crippen molar-refractivity contribution in [3.8, 4) is 0 Å². The zero-order valence-electron chi connectivity index (χ0n) is 18.6. The fraction of sp³-hybridized carbons (Fsp3) is 0.958. The Hall–Kier alpha value is -0.650. The van der Waals surface area contributed by atoms with Crippen LogP contribution in [-0.2, 0) is 19.0 Å². The highest BCUT2D eigenvalue weighted by molar-refractivity contribution is 5.69. The van der Waals surface area contributed by atoms with Gasteiger partial charge in [0.05, 0.1) is 13.2 Å². The summed E-state index contributed by atoms with van der Waals surface area (Å²) < 4.78 is 16.5. The number of hydrogen-bond donors (Lipinski definition) is 1. The topological polar surface area (TPSA) is 65.0 Å². The van der Waals surface area contributed by atoms with Crippen molar-refractivity contribution in [1.82, 2.24) is 0 Å². The lowest BCUT2D eigenvalue weighted by molar-refractivity contribution is -0.153. The van der Waals surface area contributed by atoms with Gasteiger partial charge in [-0.3, -0.25) is 4.79 Å². The first-order valence-electron chi connectivity index (χ1n) is 12.3. The summed E-state index contributed by atoms with van der Waals surface area (Å²) in [6.45, 7) is 2.87. The SMILES string of the molecule is CCCCCCCCCCCCCCCCCC(=O)OC1COC2C(O)COC12. The Bertz CT molecular complexity index is 427. The van der Waals surface area contributed by atoms with E-state index in [9.17, 15) is 9.90 Å². The average Bonchev–Trinajstić information content (AvgIpc) is 3.28. The number of hydrogen-bond acceptors (Lipinski definition) is 5. The molecule has 170 valence electrons. The Morgan fingerprint density at radius 3 is 1.79 bits per heavy atom. The molecule has 0 aromatic heterocycles. The third-order valence-corrected chi connectivity index (χ3v) is 6.25. The molecule has 0 aliphatic carbocycles. The number of ether oxygens (including phenoxy) is 3. The van der Waals surface area contributed by atoms with E-state index in [-0.39, 0.29) is 30.9 Å². The molecule has 2 aliphatic rings. The van der Waals surface area contributed by atoms with Gasteiger partial charge in [-0.05, 0) is 6.42 Å². The first kappa shape index (κ1) is 24.6. The lowest BCUT2D eigenvalue weighted by Crippen LogP contribution is -2.34. The number of carbonyl (C=O) groups is 1. The highest BCUT2D eigenvalue weighted by atomic mass is 16.6. The number of esters is 1. The molecule has 4 unspecified atom stereocenters. The summed E-state index contributed by atoms with van der Waals surface area (Å²) in [6.07, 6.45) is 18.6. The third kappa shape index (κ3) is 9.80. The monoisotopic (exact) mass is 412 g/mol. The molecule has 0 spiro atoms. The van der Waals surface area contributed by atoms with Gasteiger partial charge in [-0.25, -0.2) is 0 Å². The Labute approximate surface area is 177 Å². The first-order valence-corrected chi connectivity index (χ1v) is 12.3.